The van der Waals surface area contributed by atoms with Crippen LogP contribution in [0.5, 0.6) is 0 Å². The number of hydrogen-bond donors (Lipinski definition) is 2. The van der Waals surface area contributed by atoms with Crippen molar-refractivity contribution in [1.82, 2.24) is 19.9 Å². The maximum atomic E-state index is 12.8. The molecule has 0 spiro atoms. The quantitative estimate of drug-likeness (QED) is 0.684. The molecule has 2 N–H and O–H groups in total. The van der Waals surface area contributed by atoms with Crippen molar-refractivity contribution >= 4 is 22.8 Å². The number of nitrogens with one attached hydrogen (secondary N) is 2. The van der Waals surface area contributed by atoms with Gasteiger partial charge in [0.25, 0.3) is 0 Å². The van der Waals surface area contributed by atoms with Crippen molar-refractivity contribution < 1.29 is 26.3 Å². The molecule has 0 aliphatic carbocycles. The monoisotopic (exact) mass is 347 g/mol. The molecule has 0 radical (unpaired) electrons. The number of aromatic amines is 1. The average Bonchev–Trinajstić information content (AvgIpc) is 2.92. The molecule has 0 amide bonds. The van der Waals surface area contributed by atoms with Crippen molar-refractivity contribution in [2.24, 2.45) is 0 Å². The number of fused-ring (bicyclic) bond motifs is 1. The van der Waals surface area contributed by atoms with Crippen LogP contribution in [-0.4, -0.2) is 19.9 Å². The fraction of sp³-hybridized carbons (Fsp3) is 0.154. The topological polar surface area (TPSA) is 66.5 Å². The smallest absolute Gasteiger partial charge is 0.342 e. The first-order chi connectivity index (χ1) is 11.1. The fourth-order valence-electron chi connectivity index (χ4n) is 1.95. The Labute approximate surface area is 129 Å². The number of imidazole rings is 1. The third-order valence-corrected chi connectivity index (χ3v) is 3.02. The molecule has 0 aliphatic rings. The van der Waals surface area contributed by atoms with E-state index in [-0.39, 0.29) is 17.7 Å². The van der Waals surface area contributed by atoms with E-state index in [0.717, 1.165) is 0 Å². The highest BCUT2D eigenvalue weighted by molar-refractivity contribution is 5.71. The zero-order chi connectivity index (χ0) is 17.5. The normalized spacial score (nSPS) is 12.6. The summed E-state index contributed by atoms with van der Waals surface area (Å²) >= 11 is 0. The SMILES string of the molecule is FC(F)(F)c1cc(Nc2ncc3[nH]cnc3n2)cc(C(F)(F)F)c1. The Hall–Kier alpha value is -2.85. The predicted octanol–water partition coefficient (Wildman–Crippen LogP) is 4.13. The van der Waals surface area contributed by atoms with Gasteiger partial charge in [-0.25, -0.2) is 9.97 Å². The summed E-state index contributed by atoms with van der Waals surface area (Å²) in [6.45, 7) is 0. The number of H-pyrrole nitrogens is 1. The summed E-state index contributed by atoms with van der Waals surface area (Å²) in [6.07, 6.45) is -7.22. The van der Waals surface area contributed by atoms with Gasteiger partial charge in [-0.2, -0.15) is 31.3 Å². The van der Waals surface area contributed by atoms with Gasteiger partial charge in [-0.15, -0.1) is 0 Å². The molecule has 0 saturated carbocycles. The van der Waals surface area contributed by atoms with E-state index in [9.17, 15) is 26.3 Å². The lowest BCUT2D eigenvalue weighted by molar-refractivity contribution is -0.143. The maximum Gasteiger partial charge on any atom is 0.416 e. The largest absolute Gasteiger partial charge is 0.416 e. The van der Waals surface area contributed by atoms with Crippen LogP contribution in [-0.2, 0) is 12.4 Å². The Morgan fingerprint density at radius 2 is 1.50 bits per heavy atom. The van der Waals surface area contributed by atoms with Crippen molar-refractivity contribution in [3.63, 3.8) is 0 Å². The summed E-state index contributed by atoms with van der Waals surface area (Å²) in [5.41, 5.74) is -2.61. The molecule has 0 atom stereocenters. The molecule has 2 heterocycles. The number of benzene rings is 1. The molecule has 126 valence electrons. The average molecular weight is 347 g/mol. The molecule has 0 saturated heterocycles. The highest BCUT2D eigenvalue weighted by Crippen LogP contribution is 2.37. The summed E-state index contributed by atoms with van der Waals surface area (Å²) in [5, 5.41) is 2.33. The Balaban J connectivity index is 2.02. The van der Waals surface area contributed by atoms with Crippen LogP contribution >= 0.6 is 0 Å². The number of halogens is 6. The predicted molar refractivity (Wildman–Crippen MR) is 71.4 cm³/mol. The van der Waals surface area contributed by atoms with Crippen molar-refractivity contribution in [3.05, 3.63) is 41.9 Å². The first-order valence-corrected chi connectivity index (χ1v) is 6.35. The summed E-state index contributed by atoms with van der Waals surface area (Å²) < 4.78 is 76.8. The van der Waals surface area contributed by atoms with Crippen molar-refractivity contribution in [2.45, 2.75) is 12.4 Å². The highest BCUT2D eigenvalue weighted by atomic mass is 19.4. The van der Waals surface area contributed by atoms with Gasteiger partial charge in [-0.05, 0) is 18.2 Å². The Morgan fingerprint density at radius 3 is 2.08 bits per heavy atom. The maximum absolute atomic E-state index is 12.8. The van der Waals surface area contributed by atoms with Crippen LogP contribution in [0.25, 0.3) is 11.2 Å². The second-order valence-corrected chi connectivity index (χ2v) is 4.75. The van der Waals surface area contributed by atoms with Crippen LogP contribution in [0.15, 0.2) is 30.7 Å². The van der Waals surface area contributed by atoms with Gasteiger partial charge in [0.2, 0.25) is 5.95 Å². The second-order valence-electron chi connectivity index (χ2n) is 4.75. The van der Waals surface area contributed by atoms with Crippen molar-refractivity contribution in [2.75, 3.05) is 5.32 Å². The molecule has 3 aromatic rings. The third kappa shape index (κ3) is 3.24. The van der Waals surface area contributed by atoms with E-state index >= 15 is 0 Å². The molecule has 1 aromatic carbocycles. The summed E-state index contributed by atoms with van der Waals surface area (Å²) in [6, 6.07) is 1.14. The minimum Gasteiger partial charge on any atom is -0.342 e. The molecule has 0 unspecified atom stereocenters. The lowest BCUT2D eigenvalue weighted by atomic mass is 10.1. The van der Waals surface area contributed by atoms with Crippen molar-refractivity contribution in [3.8, 4) is 0 Å². The molecular weight excluding hydrogens is 340 g/mol. The lowest BCUT2D eigenvalue weighted by Gasteiger charge is -2.14. The Morgan fingerprint density at radius 1 is 0.875 bits per heavy atom. The second kappa shape index (κ2) is 5.35. The lowest BCUT2D eigenvalue weighted by Crippen LogP contribution is -2.12. The minimum absolute atomic E-state index is 0.0446. The first-order valence-electron chi connectivity index (χ1n) is 6.35. The standard InChI is InChI=1S/C13H7F6N5/c14-12(15,16)6-1-7(13(17,18)19)3-8(2-6)23-11-20-4-9-10(24-11)22-5-21-9/h1-5H,(H2,20,21,22,23,24). The van der Waals surface area contributed by atoms with Crippen LogP contribution < -0.4 is 5.32 Å². The van der Waals surface area contributed by atoms with Gasteiger partial charge < -0.3 is 10.3 Å². The zero-order valence-corrected chi connectivity index (χ0v) is 11.5. The molecule has 11 heteroatoms. The number of alkyl halides is 6. The molecule has 2 aromatic heterocycles. The number of anilines is 2. The summed E-state index contributed by atoms with van der Waals surface area (Å²) in [4.78, 5) is 14.2. The summed E-state index contributed by atoms with van der Waals surface area (Å²) in [7, 11) is 0. The third-order valence-electron chi connectivity index (χ3n) is 3.02. The number of aromatic nitrogens is 4. The van der Waals surface area contributed by atoms with Crippen molar-refractivity contribution in [1.29, 1.82) is 0 Å². The van der Waals surface area contributed by atoms with Crippen LogP contribution in [0.4, 0.5) is 38.0 Å². The van der Waals surface area contributed by atoms with E-state index in [1.165, 1.54) is 12.5 Å². The van der Waals surface area contributed by atoms with Gasteiger partial charge in [-0.3, -0.25) is 0 Å². The molecule has 0 bridgehead atoms. The van der Waals surface area contributed by atoms with E-state index in [0.29, 0.717) is 17.6 Å². The summed E-state index contributed by atoms with van der Waals surface area (Å²) in [5.74, 6) is -0.179. The van der Waals surface area contributed by atoms with Crippen LogP contribution in [0.2, 0.25) is 0 Å². The van der Waals surface area contributed by atoms with Gasteiger partial charge >= 0.3 is 12.4 Å². The molecule has 0 fully saturated rings. The Bertz CT molecular complexity index is 850. The minimum atomic E-state index is -4.93. The number of rotatable bonds is 2. The van der Waals surface area contributed by atoms with Gasteiger partial charge in [0.1, 0.15) is 5.52 Å². The van der Waals surface area contributed by atoms with E-state index in [4.69, 9.17) is 0 Å². The van der Waals surface area contributed by atoms with E-state index in [2.05, 4.69) is 25.3 Å². The van der Waals surface area contributed by atoms with E-state index in [1.54, 1.807) is 0 Å². The molecule has 5 nitrogen and oxygen atoms in total. The van der Waals surface area contributed by atoms with Gasteiger partial charge in [0.05, 0.1) is 23.7 Å². The van der Waals surface area contributed by atoms with E-state index in [1.807, 2.05) is 0 Å². The fourth-order valence-corrected chi connectivity index (χ4v) is 1.95. The molecule has 24 heavy (non-hydrogen) atoms. The van der Waals surface area contributed by atoms with E-state index < -0.39 is 29.2 Å². The van der Waals surface area contributed by atoms with Gasteiger partial charge in [0, 0.05) is 5.69 Å². The van der Waals surface area contributed by atoms with Crippen LogP contribution in [0.3, 0.4) is 0 Å². The molecule has 3 rings (SSSR count). The zero-order valence-electron chi connectivity index (χ0n) is 11.5. The Kier molecular flexibility index (Phi) is 3.57. The van der Waals surface area contributed by atoms with Gasteiger partial charge in [-0.1, -0.05) is 0 Å². The molecular formula is C13H7F6N5. The number of nitrogens with zero attached hydrogens (tertiary/aromatic N) is 3. The van der Waals surface area contributed by atoms with Crippen LogP contribution in [0.1, 0.15) is 11.1 Å². The highest BCUT2D eigenvalue weighted by Gasteiger charge is 2.37. The number of hydrogen-bond acceptors (Lipinski definition) is 4. The van der Waals surface area contributed by atoms with Gasteiger partial charge in [0.15, 0.2) is 5.65 Å². The van der Waals surface area contributed by atoms with Crippen LogP contribution in [0, 0.1) is 0 Å². The first kappa shape index (κ1) is 16.0. The molecule has 0 aliphatic heterocycles.